The summed E-state index contributed by atoms with van der Waals surface area (Å²) in [5.74, 6) is 3.14. The first-order chi connectivity index (χ1) is 11.8. The van der Waals surface area contributed by atoms with E-state index in [2.05, 4.69) is 24.4 Å². The number of fused-ring (bicyclic) bond motifs is 5. The number of aliphatic hydroxyl groups excluding tert-OH is 1. The Bertz CT molecular complexity index is 593. The molecule has 4 nitrogen and oxygen atoms in total. The van der Waals surface area contributed by atoms with Gasteiger partial charge in [-0.25, -0.2) is 0 Å². The van der Waals surface area contributed by atoms with E-state index >= 15 is 0 Å². The average molecular weight is 364 g/mol. The summed E-state index contributed by atoms with van der Waals surface area (Å²) < 4.78 is 0. The third kappa shape index (κ3) is 2.73. The first kappa shape index (κ1) is 17.7. The largest absolute Gasteiger partial charge is 0.393 e. The molecule has 0 saturated heterocycles. The molecule has 0 bridgehead atoms. The van der Waals surface area contributed by atoms with Gasteiger partial charge in [0.25, 0.3) is 0 Å². The highest BCUT2D eigenvalue weighted by Gasteiger charge is 2.59. The molecule has 4 aliphatic carbocycles. The number of rotatable bonds is 1. The molecule has 4 N–H and O–H groups in total. The van der Waals surface area contributed by atoms with Crippen molar-refractivity contribution in [2.24, 2.45) is 45.3 Å². The van der Waals surface area contributed by atoms with Crippen LogP contribution in [0.1, 0.15) is 71.6 Å². The van der Waals surface area contributed by atoms with E-state index in [1.165, 1.54) is 44.2 Å². The van der Waals surface area contributed by atoms with Crippen molar-refractivity contribution in [3.05, 3.63) is 0 Å². The normalized spacial score (nSPS) is 50.7. The predicted octanol–water partition coefficient (Wildman–Crippen LogP) is 3.58. The van der Waals surface area contributed by atoms with Crippen molar-refractivity contribution in [3.63, 3.8) is 0 Å². The molecule has 0 amide bonds. The standard InChI is InChI=1S/C20H33N3OS/c1-19-9-7-13(22-23-18(21)25)11-12(19)3-4-14-15-5-6-17(24)20(15,2)10-8-16(14)19/h12,14-17,24H,3-11H2,1-2H3,(H3,21,23,25)/b22-13+/t12-,14+,15+,16+,17-,19-,20-/m0/s1. The van der Waals surface area contributed by atoms with Crippen molar-refractivity contribution in [1.29, 1.82) is 0 Å². The van der Waals surface area contributed by atoms with Crippen molar-refractivity contribution in [3.8, 4) is 0 Å². The predicted molar refractivity (Wildman–Crippen MR) is 105 cm³/mol. The molecule has 0 aromatic rings. The Hall–Kier alpha value is -0.680. The van der Waals surface area contributed by atoms with Gasteiger partial charge in [0.1, 0.15) is 0 Å². The number of hydrogen-bond donors (Lipinski definition) is 3. The summed E-state index contributed by atoms with van der Waals surface area (Å²) >= 11 is 4.88. The highest BCUT2D eigenvalue weighted by molar-refractivity contribution is 7.80. The van der Waals surface area contributed by atoms with Crippen LogP contribution < -0.4 is 11.2 Å². The number of nitrogens with one attached hydrogen (secondary N) is 1. The Morgan fingerprint density at radius 3 is 2.64 bits per heavy atom. The maximum atomic E-state index is 10.6. The topological polar surface area (TPSA) is 70.6 Å². The molecule has 0 aromatic heterocycles. The number of aliphatic hydroxyl groups is 1. The second-order valence-electron chi connectivity index (χ2n) is 9.65. The Morgan fingerprint density at radius 2 is 1.88 bits per heavy atom. The fraction of sp³-hybridized carbons (Fsp3) is 0.900. The van der Waals surface area contributed by atoms with Crippen LogP contribution in [0.3, 0.4) is 0 Å². The van der Waals surface area contributed by atoms with E-state index in [4.69, 9.17) is 18.0 Å². The van der Waals surface area contributed by atoms with Gasteiger partial charge < -0.3 is 10.8 Å². The summed E-state index contributed by atoms with van der Waals surface area (Å²) in [5, 5.41) is 15.3. The molecule has 5 heteroatoms. The summed E-state index contributed by atoms with van der Waals surface area (Å²) in [6.45, 7) is 4.92. The van der Waals surface area contributed by atoms with E-state index in [-0.39, 0.29) is 16.6 Å². The van der Waals surface area contributed by atoms with E-state index in [0.29, 0.717) is 5.41 Å². The molecule has 4 saturated carbocycles. The lowest BCUT2D eigenvalue weighted by Crippen LogP contribution is -2.54. The van der Waals surface area contributed by atoms with Crippen LogP contribution in [0.2, 0.25) is 0 Å². The fourth-order valence-electron chi connectivity index (χ4n) is 7.27. The molecule has 0 unspecified atom stereocenters. The Labute approximate surface area is 157 Å². The minimum atomic E-state index is -0.0692. The Morgan fingerprint density at radius 1 is 1.12 bits per heavy atom. The van der Waals surface area contributed by atoms with Crippen LogP contribution in [0.5, 0.6) is 0 Å². The average Bonchev–Trinajstić information content (AvgIpc) is 2.88. The maximum absolute atomic E-state index is 10.6. The third-order valence-electron chi connectivity index (χ3n) is 8.77. The molecule has 4 aliphatic rings. The number of nitrogens with zero attached hydrogens (tertiary/aromatic N) is 1. The molecule has 0 aromatic carbocycles. The van der Waals surface area contributed by atoms with E-state index in [0.717, 1.165) is 42.9 Å². The van der Waals surface area contributed by atoms with E-state index < -0.39 is 0 Å². The summed E-state index contributed by atoms with van der Waals surface area (Å²) in [4.78, 5) is 0. The molecule has 25 heavy (non-hydrogen) atoms. The minimum Gasteiger partial charge on any atom is -0.393 e. The van der Waals surface area contributed by atoms with Gasteiger partial charge in [-0.1, -0.05) is 13.8 Å². The van der Waals surface area contributed by atoms with E-state index in [9.17, 15) is 5.11 Å². The smallest absolute Gasteiger partial charge is 0.184 e. The van der Waals surface area contributed by atoms with Crippen LogP contribution in [-0.4, -0.2) is 22.0 Å². The quantitative estimate of drug-likeness (QED) is 0.492. The lowest BCUT2D eigenvalue weighted by atomic mass is 9.45. The van der Waals surface area contributed by atoms with Gasteiger partial charge in [0.05, 0.1) is 6.10 Å². The number of thiocarbonyl (C=S) groups is 1. The number of nitrogens with two attached hydrogens (primary N) is 1. The zero-order valence-corrected chi connectivity index (χ0v) is 16.4. The van der Waals surface area contributed by atoms with Crippen LogP contribution >= 0.6 is 12.2 Å². The number of hydrazone groups is 1. The molecule has 0 radical (unpaired) electrons. The molecule has 0 heterocycles. The van der Waals surface area contributed by atoms with Gasteiger partial charge in [-0.2, -0.15) is 5.10 Å². The zero-order valence-electron chi connectivity index (χ0n) is 15.6. The molecule has 0 spiro atoms. The van der Waals surface area contributed by atoms with Crippen molar-refractivity contribution >= 4 is 23.0 Å². The summed E-state index contributed by atoms with van der Waals surface area (Å²) in [5.41, 5.74) is 10.2. The zero-order chi connectivity index (χ0) is 17.8. The molecular formula is C20H33N3OS. The van der Waals surface area contributed by atoms with Crippen molar-refractivity contribution in [1.82, 2.24) is 5.43 Å². The molecule has 4 fully saturated rings. The molecule has 4 rings (SSSR count). The van der Waals surface area contributed by atoms with Gasteiger partial charge >= 0.3 is 0 Å². The van der Waals surface area contributed by atoms with Crippen molar-refractivity contribution in [2.45, 2.75) is 77.7 Å². The molecule has 7 atom stereocenters. The van der Waals surface area contributed by atoms with Crippen molar-refractivity contribution < 1.29 is 5.11 Å². The molecular weight excluding hydrogens is 330 g/mol. The summed E-state index contributed by atoms with van der Waals surface area (Å²) in [6, 6.07) is 0. The Kier molecular flexibility index (Phi) is 4.39. The SMILES string of the molecule is C[C@]12CC/C(=N\NC(N)=S)C[C@@H]1CC[C@H]1[C@H]2CC[C@@]2(C)[C@@H]1CC[C@@H]2O. The highest BCUT2D eigenvalue weighted by Crippen LogP contribution is 2.65. The van der Waals surface area contributed by atoms with Crippen LogP contribution in [0.4, 0.5) is 0 Å². The maximum Gasteiger partial charge on any atom is 0.184 e. The second-order valence-corrected chi connectivity index (χ2v) is 10.1. The van der Waals surface area contributed by atoms with Crippen LogP contribution in [0, 0.1) is 34.5 Å². The highest BCUT2D eigenvalue weighted by atomic mass is 32.1. The van der Waals surface area contributed by atoms with Crippen LogP contribution in [0.25, 0.3) is 0 Å². The Balaban J connectivity index is 1.53. The van der Waals surface area contributed by atoms with Gasteiger partial charge in [-0.3, -0.25) is 5.43 Å². The van der Waals surface area contributed by atoms with Crippen molar-refractivity contribution in [2.75, 3.05) is 0 Å². The van der Waals surface area contributed by atoms with Gasteiger partial charge in [0.15, 0.2) is 5.11 Å². The van der Waals surface area contributed by atoms with Crippen LogP contribution in [0.15, 0.2) is 5.10 Å². The monoisotopic (exact) mass is 363 g/mol. The van der Waals surface area contributed by atoms with E-state index in [1.807, 2.05) is 0 Å². The first-order valence-electron chi connectivity index (χ1n) is 10.1. The third-order valence-corrected chi connectivity index (χ3v) is 8.86. The van der Waals surface area contributed by atoms with Gasteiger partial charge in [0, 0.05) is 5.71 Å². The first-order valence-corrected chi connectivity index (χ1v) is 10.5. The van der Waals surface area contributed by atoms with Gasteiger partial charge in [-0.15, -0.1) is 0 Å². The fourth-order valence-corrected chi connectivity index (χ4v) is 7.31. The molecule has 0 aliphatic heterocycles. The van der Waals surface area contributed by atoms with E-state index in [1.54, 1.807) is 0 Å². The summed E-state index contributed by atoms with van der Waals surface area (Å²) in [6.07, 6.45) is 10.8. The minimum absolute atomic E-state index is 0.0692. The lowest BCUT2D eigenvalue weighted by molar-refractivity contribution is -0.112. The van der Waals surface area contributed by atoms with Gasteiger partial charge in [0.2, 0.25) is 0 Å². The summed E-state index contributed by atoms with van der Waals surface area (Å²) in [7, 11) is 0. The van der Waals surface area contributed by atoms with Gasteiger partial charge in [-0.05, 0) is 105 Å². The van der Waals surface area contributed by atoms with Crippen LogP contribution in [-0.2, 0) is 0 Å². The lowest BCUT2D eigenvalue weighted by Gasteiger charge is -2.60. The molecule has 140 valence electrons. The number of hydrogen-bond acceptors (Lipinski definition) is 3. The second kappa shape index (κ2) is 6.19.